The van der Waals surface area contributed by atoms with E-state index in [1.54, 1.807) is 14.2 Å². The zero-order valence-corrected chi connectivity index (χ0v) is 11.0. The molecule has 1 unspecified atom stereocenters. The third-order valence-corrected chi connectivity index (χ3v) is 2.88. The third kappa shape index (κ3) is 5.20. The van der Waals surface area contributed by atoms with Gasteiger partial charge in [0.2, 0.25) is 0 Å². The average molecular weight is 237 g/mol. The Balaban J connectivity index is 2.57. The molecule has 3 nitrogen and oxygen atoms in total. The van der Waals surface area contributed by atoms with Crippen LogP contribution in [0.3, 0.4) is 0 Å². The molecular formula is C14H23NO2. The molecule has 0 aliphatic rings. The second-order valence-electron chi connectivity index (χ2n) is 4.26. The number of benzene rings is 1. The summed E-state index contributed by atoms with van der Waals surface area (Å²) in [5, 5.41) is 3.24. The molecule has 0 heterocycles. The van der Waals surface area contributed by atoms with Crippen LogP contribution in [-0.2, 0) is 11.2 Å². The van der Waals surface area contributed by atoms with Crippen molar-refractivity contribution in [2.75, 3.05) is 34.4 Å². The first-order valence-corrected chi connectivity index (χ1v) is 6.06. The maximum Gasteiger partial charge on any atom is 0.119 e. The van der Waals surface area contributed by atoms with Gasteiger partial charge in [0.25, 0.3) is 0 Å². The van der Waals surface area contributed by atoms with Gasteiger partial charge in [-0.25, -0.2) is 0 Å². The fraction of sp³-hybridized carbons (Fsp3) is 0.571. The van der Waals surface area contributed by atoms with Crippen molar-refractivity contribution in [1.29, 1.82) is 0 Å². The van der Waals surface area contributed by atoms with E-state index in [4.69, 9.17) is 9.47 Å². The van der Waals surface area contributed by atoms with Gasteiger partial charge in [-0.1, -0.05) is 12.1 Å². The van der Waals surface area contributed by atoms with E-state index in [0.29, 0.717) is 5.92 Å². The van der Waals surface area contributed by atoms with Crippen molar-refractivity contribution in [1.82, 2.24) is 5.32 Å². The highest BCUT2D eigenvalue weighted by atomic mass is 16.5. The Bertz CT molecular complexity index is 315. The topological polar surface area (TPSA) is 30.5 Å². The van der Waals surface area contributed by atoms with Gasteiger partial charge >= 0.3 is 0 Å². The summed E-state index contributed by atoms with van der Waals surface area (Å²) in [5.41, 5.74) is 1.32. The molecule has 0 amide bonds. The summed E-state index contributed by atoms with van der Waals surface area (Å²) in [4.78, 5) is 0. The molecule has 17 heavy (non-hydrogen) atoms. The Labute approximate surface area is 104 Å². The number of ether oxygens (including phenoxy) is 2. The molecule has 0 aliphatic carbocycles. The Morgan fingerprint density at radius 3 is 2.76 bits per heavy atom. The fourth-order valence-corrected chi connectivity index (χ4v) is 1.98. The summed E-state index contributed by atoms with van der Waals surface area (Å²) >= 11 is 0. The van der Waals surface area contributed by atoms with Crippen molar-refractivity contribution in [3.63, 3.8) is 0 Å². The van der Waals surface area contributed by atoms with Crippen molar-refractivity contribution in [3.8, 4) is 5.75 Å². The van der Waals surface area contributed by atoms with Crippen LogP contribution in [0.25, 0.3) is 0 Å². The van der Waals surface area contributed by atoms with Gasteiger partial charge in [0.05, 0.1) is 7.11 Å². The molecule has 1 rings (SSSR count). The number of hydrogen-bond donors (Lipinski definition) is 1. The highest BCUT2D eigenvalue weighted by Crippen LogP contribution is 2.17. The Hall–Kier alpha value is -1.06. The van der Waals surface area contributed by atoms with E-state index in [-0.39, 0.29) is 0 Å². The predicted octanol–water partition coefficient (Wildman–Crippen LogP) is 2.11. The van der Waals surface area contributed by atoms with Crippen molar-refractivity contribution in [2.24, 2.45) is 5.92 Å². The lowest BCUT2D eigenvalue weighted by atomic mass is 9.96. The molecule has 0 bridgehead atoms. The summed E-state index contributed by atoms with van der Waals surface area (Å²) in [6.45, 7) is 1.83. The van der Waals surface area contributed by atoms with Crippen LogP contribution in [0.2, 0.25) is 0 Å². The Morgan fingerprint density at radius 2 is 2.12 bits per heavy atom. The van der Waals surface area contributed by atoms with Crippen LogP contribution in [0, 0.1) is 5.92 Å². The first-order valence-electron chi connectivity index (χ1n) is 6.06. The van der Waals surface area contributed by atoms with Crippen molar-refractivity contribution in [3.05, 3.63) is 29.8 Å². The summed E-state index contributed by atoms with van der Waals surface area (Å²) in [5.74, 6) is 1.53. The van der Waals surface area contributed by atoms with E-state index in [1.165, 1.54) is 5.56 Å². The number of methoxy groups -OCH3 is 2. The fourth-order valence-electron chi connectivity index (χ4n) is 1.98. The monoisotopic (exact) mass is 237 g/mol. The smallest absolute Gasteiger partial charge is 0.119 e. The van der Waals surface area contributed by atoms with Crippen molar-refractivity contribution in [2.45, 2.75) is 12.8 Å². The normalized spacial score (nSPS) is 12.4. The molecule has 3 heteroatoms. The molecule has 1 aromatic rings. The van der Waals surface area contributed by atoms with Crippen LogP contribution in [0.4, 0.5) is 0 Å². The molecule has 1 aromatic carbocycles. The van der Waals surface area contributed by atoms with E-state index in [1.807, 2.05) is 19.2 Å². The van der Waals surface area contributed by atoms with Gasteiger partial charge in [0, 0.05) is 13.7 Å². The van der Waals surface area contributed by atoms with Gasteiger partial charge in [-0.15, -0.1) is 0 Å². The second-order valence-corrected chi connectivity index (χ2v) is 4.26. The summed E-state index contributed by atoms with van der Waals surface area (Å²) in [6.07, 6.45) is 2.13. The molecule has 0 aliphatic heterocycles. The van der Waals surface area contributed by atoms with Crippen LogP contribution in [0.5, 0.6) is 5.75 Å². The summed E-state index contributed by atoms with van der Waals surface area (Å²) in [7, 11) is 5.45. The van der Waals surface area contributed by atoms with E-state index in [2.05, 4.69) is 17.4 Å². The average Bonchev–Trinajstić information content (AvgIpc) is 2.36. The molecule has 0 aromatic heterocycles. The van der Waals surface area contributed by atoms with Gasteiger partial charge in [-0.2, -0.15) is 0 Å². The van der Waals surface area contributed by atoms with Gasteiger partial charge in [-0.3, -0.25) is 0 Å². The van der Waals surface area contributed by atoms with Crippen LogP contribution in [0.1, 0.15) is 12.0 Å². The highest BCUT2D eigenvalue weighted by molar-refractivity contribution is 5.28. The second kappa shape index (κ2) is 8.09. The zero-order chi connectivity index (χ0) is 12.5. The lowest BCUT2D eigenvalue weighted by molar-refractivity contribution is 0.176. The van der Waals surface area contributed by atoms with Gasteiger partial charge < -0.3 is 14.8 Å². The predicted molar refractivity (Wildman–Crippen MR) is 70.6 cm³/mol. The summed E-state index contributed by atoms with van der Waals surface area (Å²) < 4.78 is 10.4. The van der Waals surface area contributed by atoms with Crippen LogP contribution < -0.4 is 10.1 Å². The number of nitrogens with one attached hydrogen (secondary N) is 1. The summed E-state index contributed by atoms with van der Waals surface area (Å²) in [6, 6.07) is 8.28. The maximum absolute atomic E-state index is 5.24. The molecule has 0 saturated heterocycles. The molecule has 96 valence electrons. The SMILES string of the molecule is CNCC(CCOC)Cc1cccc(OC)c1. The van der Waals surface area contributed by atoms with Crippen LogP contribution in [0.15, 0.2) is 24.3 Å². The zero-order valence-electron chi connectivity index (χ0n) is 11.0. The standard InChI is InChI=1S/C14H23NO2/c1-15-11-13(7-8-16-2)9-12-5-4-6-14(10-12)17-3/h4-6,10,13,15H,7-9,11H2,1-3H3. The van der Waals surface area contributed by atoms with E-state index in [0.717, 1.165) is 31.7 Å². The van der Waals surface area contributed by atoms with E-state index >= 15 is 0 Å². The first-order chi connectivity index (χ1) is 8.30. The Kier molecular flexibility index (Phi) is 6.67. The van der Waals surface area contributed by atoms with Gasteiger partial charge in [0.15, 0.2) is 0 Å². The van der Waals surface area contributed by atoms with Gasteiger partial charge in [-0.05, 0) is 50.0 Å². The van der Waals surface area contributed by atoms with Crippen LogP contribution in [-0.4, -0.2) is 34.4 Å². The molecule has 0 saturated carbocycles. The highest BCUT2D eigenvalue weighted by Gasteiger charge is 2.09. The van der Waals surface area contributed by atoms with Crippen LogP contribution >= 0.6 is 0 Å². The molecule has 0 spiro atoms. The minimum absolute atomic E-state index is 0.604. The maximum atomic E-state index is 5.24. The first kappa shape index (κ1) is 14.0. The van der Waals surface area contributed by atoms with Crippen molar-refractivity contribution < 1.29 is 9.47 Å². The number of rotatable bonds is 8. The minimum Gasteiger partial charge on any atom is -0.497 e. The lowest BCUT2D eigenvalue weighted by Crippen LogP contribution is -2.22. The largest absolute Gasteiger partial charge is 0.497 e. The molecule has 1 N–H and O–H groups in total. The molecule has 0 fully saturated rings. The molecule has 1 atom stereocenters. The quantitative estimate of drug-likeness (QED) is 0.751. The lowest BCUT2D eigenvalue weighted by Gasteiger charge is -2.16. The van der Waals surface area contributed by atoms with E-state index < -0.39 is 0 Å². The van der Waals surface area contributed by atoms with E-state index in [9.17, 15) is 0 Å². The Morgan fingerprint density at radius 1 is 1.29 bits per heavy atom. The molecular weight excluding hydrogens is 214 g/mol. The molecule has 0 radical (unpaired) electrons. The third-order valence-electron chi connectivity index (χ3n) is 2.88. The van der Waals surface area contributed by atoms with Crippen molar-refractivity contribution >= 4 is 0 Å². The number of hydrogen-bond acceptors (Lipinski definition) is 3. The minimum atomic E-state index is 0.604. The van der Waals surface area contributed by atoms with Gasteiger partial charge in [0.1, 0.15) is 5.75 Å².